The largest absolute Gasteiger partial charge is 0.505 e. The Morgan fingerprint density at radius 2 is 0.639 bits per heavy atom. The van der Waals surface area contributed by atoms with Crippen LogP contribution in [0.4, 0.5) is 8.78 Å². The Hall–Kier alpha value is -6.49. The summed E-state index contributed by atoms with van der Waals surface area (Å²) in [6.07, 6.45) is 2.06. The van der Waals surface area contributed by atoms with Crippen LogP contribution in [-0.2, 0) is 58.3 Å². The van der Waals surface area contributed by atoms with Crippen LogP contribution in [0.3, 0.4) is 0 Å². The molecule has 0 aliphatic carbocycles. The summed E-state index contributed by atoms with van der Waals surface area (Å²) < 4.78 is 49.6. The third-order valence-electron chi connectivity index (χ3n) is 18.4. The van der Waals surface area contributed by atoms with Gasteiger partial charge in [0.1, 0.15) is 34.6 Å². The third-order valence-corrected chi connectivity index (χ3v) is 18.4. The first-order valence-electron chi connectivity index (χ1n) is 34.7. The Labute approximate surface area is 600 Å². The van der Waals surface area contributed by atoms with Gasteiger partial charge in [0.05, 0.1) is 46.7 Å². The summed E-state index contributed by atoms with van der Waals surface area (Å²) >= 11 is 0. The molecule has 1 radical (unpaired) electrons. The van der Waals surface area contributed by atoms with E-state index in [0.717, 1.165) is 67.6 Å². The predicted molar refractivity (Wildman–Crippen MR) is 409 cm³/mol. The summed E-state index contributed by atoms with van der Waals surface area (Å²) in [5.74, 6) is -0.0900. The van der Waals surface area contributed by atoms with Crippen molar-refractivity contribution in [2.75, 3.05) is 13.2 Å². The summed E-state index contributed by atoms with van der Waals surface area (Å²) in [4.78, 5) is 0. The number of aromatic nitrogens is 2. The van der Waals surface area contributed by atoms with Crippen molar-refractivity contribution in [3.8, 4) is 56.6 Å². The molecule has 2 N–H and O–H groups in total. The fourth-order valence-corrected chi connectivity index (χ4v) is 14.2. The number of ether oxygens (including phenoxy) is 2. The van der Waals surface area contributed by atoms with Gasteiger partial charge in [-0.3, -0.25) is 0 Å². The molecule has 0 saturated heterocycles. The number of phenols is 2. The van der Waals surface area contributed by atoms with Gasteiger partial charge in [-0.25, -0.2) is 8.78 Å². The van der Waals surface area contributed by atoms with Gasteiger partial charge in [0.15, 0.2) is 0 Å². The van der Waals surface area contributed by atoms with E-state index in [1.165, 1.54) is 46.5 Å². The van der Waals surface area contributed by atoms with Gasteiger partial charge in [-0.2, -0.15) is 0 Å². The van der Waals surface area contributed by atoms with Crippen molar-refractivity contribution >= 4 is 51.7 Å². The van der Waals surface area contributed by atoms with E-state index in [9.17, 15) is 10.2 Å². The molecule has 0 amide bonds. The molecule has 0 aliphatic rings. The summed E-state index contributed by atoms with van der Waals surface area (Å²) in [6.45, 7) is 60.1. The molecule has 515 valence electrons. The number of hydrogen-bond acceptors (Lipinski definition) is 4. The molecule has 10 heteroatoms. The van der Waals surface area contributed by atoms with Crippen molar-refractivity contribution in [1.29, 1.82) is 0 Å². The maximum absolute atomic E-state index is 15.9. The van der Waals surface area contributed by atoms with Crippen LogP contribution in [0.5, 0.6) is 23.0 Å². The van der Waals surface area contributed by atoms with Gasteiger partial charge in [-0.1, -0.05) is 196 Å². The van der Waals surface area contributed by atoms with Gasteiger partial charge in [0.25, 0.3) is 0 Å². The van der Waals surface area contributed by atoms with Crippen molar-refractivity contribution in [3.63, 3.8) is 0 Å². The van der Waals surface area contributed by atoms with Crippen LogP contribution in [0, 0.1) is 29.0 Å². The quantitative estimate of drug-likeness (QED) is 0.0647. The topological polar surface area (TPSA) is 68.8 Å². The molecule has 2 heterocycles. The van der Waals surface area contributed by atoms with Crippen LogP contribution >= 0.6 is 0 Å². The van der Waals surface area contributed by atoms with Crippen LogP contribution in [0.15, 0.2) is 133 Å². The number of benzene rings is 8. The Kier molecular flexibility index (Phi) is 21.4. The second-order valence-corrected chi connectivity index (χ2v) is 41.6. The van der Waals surface area contributed by atoms with E-state index in [1.54, 1.807) is 12.1 Å². The molecule has 97 heavy (non-hydrogen) atoms. The molecule has 6 nitrogen and oxygen atoms in total. The molecule has 8 aromatic carbocycles. The minimum absolute atomic E-state index is 0. The maximum atomic E-state index is 15.9. The Bertz CT molecular complexity index is 4120. The molecule has 0 fully saturated rings. The van der Waals surface area contributed by atoms with E-state index >= 15 is 8.78 Å². The smallest absolute Gasteiger partial charge is 0.147 e. The number of nitrogens with zero attached hydrogens (tertiary/aromatic N) is 2. The number of phenolic OH excluding ortho intramolecular Hbond substituents is 2. The van der Waals surface area contributed by atoms with E-state index in [-0.39, 0.29) is 93.9 Å². The number of hydrogen-bond donors (Lipinski definition) is 2. The molecule has 0 bridgehead atoms. The number of rotatable bonds is 14. The molecule has 0 aliphatic heterocycles. The van der Waals surface area contributed by atoms with Crippen molar-refractivity contribution in [3.05, 3.63) is 185 Å². The molecule has 2 aromatic heterocycles. The zero-order chi connectivity index (χ0) is 71.2. The number of aromatic hydroxyl groups is 2. The summed E-state index contributed by atoms with van der Waals surface area (Å²) in [7, 11) is -0.861. The molecule has 0 atom stereocenters. The molecule has 10 rings (SSSR count). The van der Waals surface area contributed by atoms with Gasteiger partial charge in [0, 0.05) is 76.1 Å². The van der Waals surface area contributed by atoms with Gasteiger partial charge in [0.2, 0.25) is 0 Å². The monoisotopic (exact) mass is 1360 g/mol. The van der Waals surface area contributed by atoms with Crippen molar-refractivity contribution in [1.82, 2.24) is 9.13 Å². The van der Waals surface area contributed by atoms with E-state index in [4.69, 9.17) is 9.47 Å². The van der Waals surface area contributed by atoms with Gasteiger partial charge >= 0.3 is 0 Å². The second kappa shape index (κ2) is 27.2. The van der Waals surface area contributed by atoms with E-state index in [2.05, 4.69) is 273 Å². The van der Waals surface area contributed by atoms with Crippen molar-refractivity contribution in [2.45, 2.75) is 224 Å². The fourth-order valence-electron chi connectivity index (χ4n) is 14.2. The molecule has 0 unspecified atom stereocenters. The zero-order valence-corrected chi connectivity index (χ0v) is 66.2. The molecular formula is C87H111F2N2O4ScSi-. The predicted octanol–water partition coefficient (Wildman–Crippen LogP) is 25.1. The van der Waals surface area contributed by atoms with Crippen molar-refractivity contribution in [2.24, 2.45) is 10.8 Å². The van der Waals surface area contributed by atoms with Gasteiger partial charge < -0.3 is 35.4 Å². The Balaban J connectivity index is 0.00000193. The first kappa shape index (κ1) is 76.3. The van der Waals surface area contributed by atoms with Crippen LogP contribution in [-0.4, -0.2) is 40.6 Å². The van der Waals surface area contributed by atoms with Crippen LogP contribution in [0.25, 0.3) is 77.2 Å². The molecule has 0 spiro atoms. The minimum Gasteiger partial charge on any atom is -0.505 e. The SMILES string of the molecule is CC(C)(C)CC(C)(C)c1cc(-c2cc(F)ccc2OCCCOc2ccc(F)cc2-c2cc(C(C)(C)CC(C)(C)C)cc(-n3c4ccc(C(C)(C)C)cc4c4cc(C(C)(C)C)ccc43)c2O)c(O)c(-n2c3ccc(C(C)(C)C)cc3c3cc(C(C)(C)C)ccc32)c1.[CH2-][Si](C)(C)C.[Sc]. The summed E-state index contributed by atoms with van der Waals surface area (Å²) in [5.41, 5.74) is 12.4. The van der Waals surface area contributed by atoms with Crippen LogP contribution in [0.1, 0.15) is 205 Å². The van der Waals surface area contributed by atoms with E-state index in [0.29, 0.717) is 51.5 Å². The van der Waals surface area contributed by atoms with E-state index in [1.807, 2.05) is 12.1 Å². The zero-order valence-electron chi connectivity index (χ0n) is 63.4. The summed E-state index contributed by atoms with van der Waals surface area (Å²) in [5, 5.41) is 30.4. The van der Waals surface area contributed by atoms with Crippen molar-refractivity contribution < 1.29 is 54.3 Å². The molecule has 0 saturated carbocycles. The standard InChI is InChI=1S/C83H100F2N2O4.C4H11Si.Sc/c1-76(2,3)48-82(19,20)54-42-64(74(88)70(44-54)86-66-30-24-50(78(7,8)9)38-58(66)59-39-51(79(10,11)12)25-31-67(59)86)62-46-56(84)28-34-72(62)90-36-23-37-91-73-35-29-57(85)47-63(73)65-43-55(83(21,22)49-77(4,5)6)45-71(75(65)89)87-68-32-26-52(80(13,14)15)40-60(68)61-41-53(81(16,17)18)27-33-69(61)87;1-5(2,3)4;/h24-35,38-47,88-89H,23,36-37,48-49H2,1-22H3;1H2,2-4H3;/q;-1;. The van der Waals surface area contributed by atoms with Crippen LogP contribution in [0.2, 0.25) is 19.6 Å². The third kappa shape index (κ3) is 17.2. The minimum atomic E-state index is -0.861. The average Bonchev–Trinajstić information content (AvgIpc) is 1.60. The fraction of sp³-hybridized carbons (Fsp3) is 0.437. The summed E-state index contributed by atoms with van der Waals surface area (Å²) in [6, 6.07) is 43.9. The Morgan fingerprint density at radius 3 is 0.887 bits per heavy atom. The Morgan fingerprint density at radius 1 is 0.371 bits per heavy atom. The second-order valence-electron chi connectivity index (χ2n) is 36.5. The van der Waals surface area contributed by atoms with E-state index < -0.39 is 19.7 Å². The maximum Gasteiger partial charge on any atom is 0.147 e. The van der Waals surface area contributed by atoms with Gasteiger partial charge in [-0.15, -0.1) is 8.07 Å². The average molecular weight is 1360 g/mol. The number of halogens is 2. The number of fused-ring (bicyclic) bond motifs is 6. The first-order valence-corrected chi connectivity index (χ1v) is 38.4. The molecule has 10 aromatic rings. The van der Waals surface area contributed by atoms with Crippen LogP contribution < -0.4 is 9.47 Å². The normalized spacial score (nSPS) is 13.2. The van der Waals surface area contributed by atoms with Gasteiger partial charge in [-0.05, 0) is 199 Å². The first-order chi connectivity index (χ1) is 44.0. The molecular weight excluding hydrogens is 1250 g/mol.